The molecule has 2 aromatic carbocycles. The van der Waals surface area contributed by atoms with Crippen molar-refractivity contribution in [3.8, 4) is 0 Å². The molecule has 2 amide bonds. The van der Waals surface area contributed by atoms with Gasteiger partial charge in [-0.25, -0.2) is 4.98 Å². The summed E-state index contributed by atoms with van der Waals surface area (Å²) in [6.07, 6.45) is 4.87. The summed E-state index contributed by atoms with van der Waals surface area (Å²) in [5, 5.41) is 5.19. The number of carbonyl (C=O) groups is 2. The van der Waals surface area contributed by atoms with Crippen LogP contribution in [-0.2, 0) is 16.0 Å². The molecular formula is C19H20N4O2. The summed E-state index contributed by atoms with van der Waals surface area (Å²) >= 11 is 0. The SMILES string of the molecule is CCCCc1ccc(NC(=O)C(=O)Nc2ccc3nc[nH]c3c2)cc1. The summed E-state index contributed by atoms with van der Waals surface area (Å²) in [6, 6.07) is 12.8. The molecule has 0 aliphatic rings. The van der Waals surface area contributed by atoms with E-state index in [-0.39, 0.29) is 0 Å². The molecule has 0 unspecified atom stereocenters. The molecule has 1 aromatic heterocycles. The van der Waals surface area contributed by atoms with Crippen molar-refractivity contribution in [2.45, 2.75) is 26.2 Å². The van der Waals surface area contributed by atoms with Gasteiger partial charge >= 0.3 is 11.8 Å². The van der Waals surface area contributed by atoms with Crippen LogP contribution in [0.15, 0.2) is 48.8 Å². The molecule has 3 N–H and O–H groups in total. The number of carbonyl (C=O) groups excluding carboxylic acids is 2. The van der Waals surface area contributed by atoms with Gasteiger partial charge in [-0.05, 0) is 48.7 Å². The van der Waals surface area contributed by atoms with Crippen LogP contribution in [0.5, 0.6) is 0 Å². The van der Waals surface area contributed by atoms with Crippen LogP contribution in [0.1, 0.15) is 25.3 Å². The van der Waals surface area contributed by atoms with Gasteiger partial charge in [0.2, 0.25) is 0 Å². The third kappa shape index (κ3) is 4.23. The Labute approximate surface area is 145 Å². The summed E-state index contributed by atoms with van der Waals surface area (Å²) in [7, 11) is 0. The number of anilines is 2. The summed E-state index contributed by atoms with van der Waals surface area (Å²) in [6.45, 7) is 2.15. The number of aromatic nitrogens is 2. The molecule has 25 heavy (non-hydrogen) atoms. The average molecular weight is 336 g/mol. The number of rotatable bonds is 5. The molecule has 3 aromatic rings. The van der Waals surface area contributed by atoms with E-state index >= 15 is 0 Å². The summed E-state index contributed by atoms with van der Waals surface area (Å²) in [5.74, 6) is -1.42. The summed E-state index contributed by atoms with van der Waals surface area (Å²) in [5.41, 5.74) is 3.94. The van der Waals surface area contributed by atoms with Crippen molar-refractivity contribution < 1.29 is 9.59 Å². The van der Waals surface area contributed by atoms with Crippen molar-refractivity contribution in [2.75, 3.05) is 10.6 Å². The zero-order chi connectivity index (χ0) is 17.6. The van der Waals surface area contributed by atoms with Crippen LogP contribution in [0.2, 0.25) is 0 Å². The minimum atomic E-state index is -0.714. The number of amides is 2. The first kappa shape index (κ1) is 16.7. The van der Waals surface area contributed by atoms with Gasteiger partial charge in [0.25, 0.3) is 0 Å². The molecule has 0 saturated heterocycles. The number of hydrogen-bond donors (Lipinski definition) is 3. The number of nitrogens with zero attached hydrogens (tertiary/aromatic N) is 1. The minimum Gasteiger partial charge on any atom is -0.345 e. The molecular weight excluding hydrogens is 316 g/mol. The molecule has 0 radical (unpaired) electrons. The molecule has 0 saturated carbocycles. The molecule has 6 nitrogen and oxygen atoms in total. The van der Waals surface area contributed by atoms with E-state index in [9.17, 15) is 9.59 Å². The molecule has 0 fully saturated rings. The fourth-order valence-corrected chi connectivity index (χ4v) is 2.52. The van der Waals surface area contributed by atoms with Crippen molar-refractivity contribution in [2.24, 2.45) is 0 Å². The van der Waals surface area contributed by atoms with E-state index in [1.54, 1.807) is 24.5 Å². The first-order valence-corrected chi connectivity index (χ1v) is 8.30. The van der Waals surface area contributed by atoms with Crippen LogP contribution in [0.3, 0.4) is 0 Å². The number of benzene rings is 2. The van der Waals surface area contributed by atoms with E-state index in [4.69, 9.17) is 0 Å². The maximum Gasteiger partial charge on any atom is 0.314 e. The molecule has 0 spiro atoms. The van der Waals surface area contributed by atoms with Crippen LogP contribution in [0, 0.1) is 0 Å². The quantitative estimate of drug-likeness (QED) is 0.623. The van der Waals surface area contributed by atoms with E-state index in [1.807, 2.05) is 24.3 Å². The van der Waals surface area contributed by atoms with Gasteiger partial charge in [0.15, 0.2) is 0 Å². The van der Waals surface area contributed by atoms with Crippen molar-refractivity contribution in [1.29, 1.82) is 0 Å². The summed E-state index contributed by atoms with van der Waals surface area (Å²) < 4.78 is 0. The highest BCUT2D eigenvalue weighted by molar-refractivity contribution is 6.43. The second-order valence-corrected chi connectivity index (χ2v) is 5.84. The molecule has 3 rings (SSSR count). The predicted octanol–water partition coefficient (Wildman–Crippen LogP) is 3.48. The highest BCUT2D eigenvalue weighted by Crippen LogP contribution is 2.16. The van der Waals surface area contributed by atoms with Gasteiger partial charge in [0.05, 0.1) is 17.4 Å². The maximum atomic E-state index is 12.1. The van der Waals surface area contributed by atoms with Gasteiger partial charge in [-0.15, -0.1) is 0 Å². The molecule has 1 heterocycles. The minimum absolute atomic E-state index is 0.534. The molecule has 128 valence electrons. The van der Waals surface area contributed by atoms with Crippen molar-refractivity contribution in [3.63, 3.8) is 0 Å². The van der Waals surface area contributed by atoms with Gasteiger partial charge in [-0.1, -0.05) is 25.5 Å². The Bertz CT molecular complexity index is 884. The second-order valence-electron chi connectivity index (χ2n) is 5.84. The lowest BCUT2D eigenvalue weighted by Gasteiger charge is -2.07. The zero-order valence-electron chi connectivity index (χ0n) is 14.0. The lowest BCUT2D eigenvalue weighted by atomic mass is 10.1. The zero-order valence-corrected chi connectivity index (χ0v) is 14.0. The van der Waals surface area contributed by atoms with Crippen LogP contribution >= 0.6 is 0 Å². The normalized spacial score (nSPS) is 10.6. The Morgan fingerprint density at radius 1 is 1.00 bits per heavy atom. The number of aryl methyl sites for hydroxylation is 1. The van der Waals surface area contributed by atoms with E-state index in [0.29, 0.717) is 11.4 Å². The lowest BCUT2D eigenvalue weighted by molar-refractivity contribution is -0.132. The third-order valence-corrected chi connectivity index (χ3v) is 3.92. The highest BCUT2D eigenvalue weighted by Gasteiger charge is 2.14. The number of unbranched alkanes of at least 4 members (excludes halogenated alkanes) is 1. The number of fused-ring (bicyclic) bond motifs is 1. The van der Waals surface area contributed by atoms with E-state index in [0.717, 1.165) is 30.3 Å². The van der Waals surface area contributed by atoms with Gasteiger partial charge in [0.1, 0.15) is 0 Å². The van der Waals surface area contributed by atoms with Crippen LogP contribution in [0.4, 0.5) is 11.4 Å². The average Bonchev–Trinajstić information content (AvgIpc) is 3.09. The molecule has 0 aliphatic carbocycles. The van der Waals surface area contributed by atoms with E-state index in [1.165, 1.54) is 5.56 Å². The fourth-order valence-electron chi connectivity index (χ4n) is 2.52. The maximum absolute atomic E-state index is 12.1. The molecule has 0 bridgehead atoms. The van der Waals surface area contributed by atoms with E-state index < -0.39 is 11.8 Å². The topological polar surface area (TPSA) is 86.9 Å². The van der Waals surface area contributed by atoms with Gasteiger partial charge in [-0.3, -0.25) is 9.59 Å². The molecule has 0 atom stereocenters. The number of aromatic amines is 1. The second kappa shape index (κ2) is 7.61. The number of H-pyrrole nitrogens is 1. The molecule has 0 aliphatic heterocycles. The predicted molar refractivity (Wildman–Crippen MR) is 98.4 cm³/mol. The monoisotopic (exact) mass is 336 g/mol. The van der Waals surface area contributed by atoms with Gasteiger partial charge < -0.3 is 15.6 Å². The highest BCUT2D eigenvalue weighted by atomic mass is 16.2. The van der Waals surface area contributed by atoms with Crippen LogP contribution in [-0.4, -0.2) is 21.8 Å². The van der Waals surface area contributed by atoms with Crippen molar-refractivity contribution in [3.05, 3.63) is 54.4 Å². The Balaban J connectivity index is 1.59. The Morgan fingerprint density at radius 2 is 1.68 bits per heavy atom. The first-order chi connectivity index (χ1) is 12.2. The van der Waals surface area contributed by atoms with Crippen LogP contribution in [0.25, 0.3) is 11.0 Å². The number of nitrogens with one attached hydrogen (secondary N) is 3. The Kier molecular flexibility index (Phi) is 5.09. The lowest BCUT2D eigenvalue weighted by Crippen LogP contribution is -2.29. The van der Waals surface area contributed by atoms with Gasteiger partial charge in [0, 0.05) is 11.4 Å². The number of hydrogen-bond acceptors (Lipinski definition) is 3. The Hall–Kier alpha value is -3.15. The van der Waals surface area contributed by atoms with Crippen molar-refractivity contribution in [1.82, 2.24) is 9.97 Å². The fraction of sp³-hybridized carbons (Fsp3) is 0.211. The van der Waals surface area contributed by atoms with Gasteiger partial charge in [-0.2, -0.15) is 0 Å². The number of imidazole rings is 1. The smallest absolute Gasteiger partial charge is 0.314 e. The van der Waals surface area contributed by atoms with Crippen molar-refractivity contribution >= 4 is 34.2 Å². The standard InChI is InChI=1S/C19H20N4O2/c1-2-3-4-13-5-7-14(8-6-13)22-18(24)19(25)23-15-9-10-16-17(11-15)21-12-20-16/h5-12H,2-4H2,1H3,(H,20,21)(H,22,24)(H,23,25). The summed E-state index contributed by atoms with van der Waals surface area (Å²) in [4.78, 5) is 31.2. The third-order valence-electron chi connectivity index (χ3n) is 3.92. The largest absolute Gasteiger partial charge is 0.345 e. The first-order valence-electron chi connectivity index (χ1n) is 8.30. The van der Waals surface area contributed by atoms with Crippen LogP contribution < -0.4 is 10.6 Å². The van der Waals surface area contributed by atoms with E-state index in [2.05, 4.69) is 27.5 Å². The molecule has 6 heteroatoms. The Morgan fingerprint density at radius 3 is 2.40 bits per heavy atom.